The van der Waals surface area contributed by atoms with Crippen LogP contribution in [-0.4, -0.2) is 57.8 Å². The first-order chi connectivity index (χ1) is 13.2. The van der Waals surface area contributed by atoms with Gasteiger partial charge in [0.2, 0.25) is 0 Å². The highest BCUT2D eigenvalue weighted by atomic mass is 16.5. The maximum Gasteiger partial charge on any atom is 0.193 e. The van der Waals surface area contributed by atoms with Crippen LogP contribution in [0.25, 0.3) is 0 Å². The van der Waals surface area contributed by atoms with Gasteiger partial charge in [0.25, 0.3) is 0 Å². The van der Waals surface area contributed by atoms with Gasteiger partial charge in [-0.1, -0.05) is 31.4 Å². The summed E-state index contributed by atoms with van der Waals surface area (Å²) < 4.78 is 5.30. The maximum absolute atomic E-state index is 5.30. The van der Waals surface area contributed by atoms with E-state index in [-0.39, 0.29) is 0 Å². The molecule has 1 unspecified atom stereocenters. The van der Waals surface area contributed by atoms with Crippen LogP contribution >= 0.6 is 0 Å². The van der Waals surface area contributed by atoms with Gasteiger partial charge < -0.3 is 19.9 Å². The molecule has 1 aliphatic carbocycles. The number of hydrogen-bond acceptors (Lipinski definition) is 3. The quantitative estimate of drug-likeness (QED) is 0.613. The van der Waals surface area contributed by atoms with Gasteiger partial charge in [0.05, 0.1) is 6.61 Å². The number of aliphatic imine (C=N–C) groups is 1. The fourth-order valence-electron chi connectivity index (χ4n) is 4.44. The summed E-state index contributed by atoms with van der Waals surface area (Å²) >= 11 is 0. The van der Waals surface area contributed by atoms with Crippen molar-refractivity contribution in [2.45, 2.75) is 51.1 Å². The molecule has 27 heavy (non-hydrogen) atoms. The van der Waals surface area contributed by atoms with Crippen molar-refractivity contribution in [3.05, 3.63) is 29.8 Å². The second-order valence-electron chi connectivity index (χ2n) is 8.03. The minimum Gasteiger partial charge on any atom is -0.384 e. The predicted octanol–water partition coefficient (Wildman–Crippen LogP) is 3.50. The van der Waals surface area contributed by atoms with Gasteiger partial charge in [-0.2, -0.15) is 0 Å². The van der Waals surface area contributed by atoms with Crippen LogP contribution in [-0.2, 0) is 11.3 Å². The lowest BCUT2D eigenvalue weighted by Crippen LogP contribution is -2.39. The van der Waals surface area contributed by atoms with Crippen LogP contribution in [0.5, 0.6) is 0 Å². The molecule has 5 heteroatoms. The van der Waals surface area contributed by atoms with Crippen LogP contribution < -0.4 is 10.2 Å². The van der Waals surface area contributed by atoms with Gasteiger partial charge in [-0.15, -0.1) is 0 Å². The summed E-state index contributed by atoms with van der Waals surface area (Å²) in [6.07, 6.45) is 7.98. The molecule has 2 fully saturated rings. The largest absolute Gasteiger partial charge is 0.384 e. The molecule has 150 valence electrons. The molecule has 1 saturated carbocycles. The molecule has 0 amide bonds. The Labute approximate surface area is 164 Å². The van der Waals surface area contributed by atoms with Crippen molar-refractivity contribution in [2.75, 3.05) is 45.8 Å². The second-order valence-corrected chi connectivity index (χ2v) is 8.03. The summed E-state index contributed by atoms with van der Waals surface area (Å²) in [6, 6.07) is 9.72. The van der Waals surface area contributed by atoms with E-state index in [0.29, 0.717) is 12.0 Å². The van der Waals surface area contributed by atoms with Crippen LogP contribution in [0.2, 0.25) is 0 Å². The van der Waals surface area contributed by atoms with E-state index in [1.165, 1.54) is 49.8 Å². The fourth-order valence-corrected chi connectivity index (χ4v) is 4.44. The fraction of sp³-hybridized carbons (Fsp3) is 0.682. The van der Waals surface area contributed by atoms with E-state index in [9.17, 15) is 0 Å². The number of nitrogens with zero attached hydrogens (tertiary/aromatic N) is 3. The molecule has 3 rings (SSSR count). The topological polar surface area (TPSA) is 40.1 Å². The third kappa shape index (κ3) is 5.38. The maximum atomic E-state index is 5.30. The van der Waals surface area contributed by atoms with E-state index >= 15 is 0 Å². The Morgan fingerprint density at radius 2 is 1.93 bits per heavy atom. The molecule has 0 aromatic heterocycles. The lowest BCUT2D eigenvalue weighted by Gasteiger charge is -2.33. The number of hydrogen-bond donors (Lipinski definition) is 1. The van der Waals surface area contributed by atoms with Crippen molar-refractivity contribution in [3.8, 4) is 0 Å². The van der Waals surface area contributed by atoms with E-state index < -0.39 is 0 Å². The highest BCUT2D eigenvalue weighted by Gasteiger charge is 2.24. The lowest BCUT2D eigenvalue weighted by molar-refractivity contribution is 0.157. The van der Waals surface area contributed by atoms with Crippen molar-refractivity contribution < 1.29 is 4.74 Å². The molecule has 1 saturated heterocycles. The minimum atomic E-state index is 0.614. The molecule has 1 aromatic carbocycles. The number of guanidine groups is 1. The summed E-state index contributed by atoms with van der Waals surface area (Å²) in [6.45, 7) is 3.73. The normalized spacial score (nSPS) is 21.5. The first-order valence-electron chi connectivity index (χ1n) is 10.5. The number of anilines is 1. The van der Waals surface area contributed by atoms with Crippen molar-refractivity contribution in [1.29, 1.82) is 0 Å². The van der Waals surface area contributed by atoms with E-state index in [0.717, 1.165) is 32.2 Å². The minimum absolute atomic E-state index is 0.614. The molecule has 1 N–H and O–H groups in total. The standard InChI is InChI=1S/C22H36N4O/c1-23-22(26-14-13-19(16-26)17-27-3)24-15-18-9-11-21(12-10-18)25(2)20-7-5-4-6-8-20/h9-12,19-20H,4-8,13-17H2,1-3H3,(H,23,24). The van der Waals surface area contributed by atoms with Crippen molar-refractivity contribution >= 4 is 11.6 Å². The molecule has 5 nitrogen and oxygen atoms in total. The smallest absolute Gasteiger partial charge is 0.193 e. The monoisotopic (exact) mass is 372 g/mol. The SMILES string of the molecule is CN=C(NCc1ccc(N(C)C2CCCCC2)cc1)N1CCC(COC)C1. The summed E-state index contributed by atoms with van der Waals surface area (Å²) in [5.74, 6) is 1.61. The van der Waals surface area contributed by atoms with Crippen molar-refractivity contribution in [2.24, 2.45) is 10.9 Å². The van der Waals surface area contributed by atoms with Crippen LogP contribution in [0, 0.1) is 5.92 Å². The lowest BCUT2D eigenvalue weighted by atomic mass is 9.94. The van der Waals surface area contributed by atoms with Crippen LogP contribution in [0.15, 0.2) is 29.3 Å². The van der Waals surface area contributed by atoms with Gasteiger partial charge in [0.15, 0.2) is 5.96 Å². The molecule has 1 aliphatic heterocycles. The van der Waals surface area contributed by atoms with Crippen LogP contribution in [0.3, 0.4) is 0 Å². The van der Waals surface area contributed by atoms with Crippen molar-refractivity contribution in [1.82, 2.24) is 10.2 Å². The number of likely N-dealkylation sites (tertiary alicyclic amines) is 1. The number of methoxy groups -OCH3 is 1. The van der Waals surface area contributed by atoms with Crippen LogP contribution in [0.4, 0.5) is 5.69 Å². The summed E-state index contributed by atoms with van der Waals surface area (Å²) in [5, 5.41) is 3.52. The second kappa shape index (κ2) is 9.98. The molecule has 1 atom stereocenters. The van der Waals surface area contributed by atoms with Gasteiger partial charge in [-0.05, 0) is 37.0 Å². The van der Waals surface area contributed by atoms with Gasteiger partial charge in [-0.25, -0.2) is 0 Å². The summed E-state index contributed by atoms with van der Waals surface area (Å²) in [5.41, 5.74) is 2.63. The number of rotatable bonds is 6. The van der Waals surface area contributed by atoms with E-state index in [4.69, 9.17) is 4.74 Å². The zero-order chi connectivity index (χ0) is 19.1. The third-order valence-electron chi connectivity index (χ3n) is 6.12. The van der Waals surface area contributed by atoms with E-state index in [2.05, 4.69) is 51.4 Å². The molecule has 1 aromatic rings. The number of nitrogens with one attached hydrogen (secondary N) is 1. The molecule has 0 bridgehead atoms. The number of benzene rings is 1. The molecule has 2 aliphatic rings. The Morgan fingerprint density at radius 1 is 1.19 bits per heavy atom. The first-order valence-corrected chi connectivity index (χ1v) is 10.5. The molecule has 0 radical (unpaired) electrons. The molecule has 1 heterocycles. The van der Waals surface area contributed by atoms with Crippen LogP contribution in [0.1, 0.15) is 44.1 Å². The average Bonchev–Trinajstić information content (AvgIpc) is 3.18. The first kappa shape index (κ1) is 20.0. The Kier molecular flexibility index (Phi) is 7.39. The highest BCUT2D eigenvalue weighted by Crippen LogP contribution is 2.26. The Balaban J connectivity index is 1.50. The van der Waals surface area contributed by atoms with Gasteiger partial charge in [0.1, 0.15) is 0 Å². The van der Waals surface area contributed by atoms with Gasteiger partial charge >= 0.3 is 0 Å². The Hall–Kier alpha value is -1.75. The average molecular weight is 373 g/mol. The zero-order valence-electron chi connectivity index (χ0n) is 17.3. The highest BCUT2D eigenvalue weighted by molar-refractivity contribution is 5.80. The molecular formula is C22H36N4O. The van der Waals surface area contributed by atoms with E-state index in [1.807, 2.05) is 7.05 Å². The summed E-state index contributed by atoms with van der Waals surface area (Å²) in [4.78, 5) is 9.28. The summed E-state index contributed by atoms with van der Waals surface area (Å²) in [7, 11) is 5.90. The zero-order valence-corrected chi connectivity index (χ0v) is 17.3. The third-order valence-corrected chi connectivity index (χ3v) is 6.12. The molecular weight excluding hydrogens is 336 g/mol. The van der Waals surface area contributed by atoms with E-state index in [1.54, 1.807) is 7.11 Å². The van der Waals surface area contributed by atoms with Gasteiger partial charge in [-0.3, -0.25) is 4.99 Å². The van der Waals surface area contributed by atoms with Crippen molar-refractivity contribution in [3.63, 3.8) is 0 Å². The Bertz CT molecular complexity index is 595. The molecule has 0 spiro atoms. The Morgan fingerprint density at radius 3 is 2.59 bits per heavy atom. The number of ether oxygens (including phenoxy) is 1. The predicted molar refractivity (Wildman–Crippen MR) is 113 cm³/mol. The van der Waals surface area contributed by atoms with Gasteiger partial charge in [0, 0.05) is 58.5 Å².